The number of hydrogen-bond donors (Lipinski definition) is 1. The summed E-state index contributed by atoms with van der Waals surface area (Å²) in [6.07, 6.45) is 8.24. The lowest BCUT2D eigenvalue weighted by Gasteiger charge is -2.15. The van der Waals surface area contributed by atoms with Crippen molar-refractivity contribution in [3.05, 3.63) is 65.4 Å². The maximum atomic E-state index is 10.4. The molecule has 1 nitrogen and oxygen atoms in total. The number of unbranched alkanes of at least 4 members (excludes halogenated alkanes) is 1. The summed E-state index contributed by atoms with van der Waals surface area (Å²) in [4.78, 5) is 0. The molecule has 1 heteroatoms. The number of hydrogen-bond acceptors (Lipinski definition) is 1. The normalized spacial score (nSPS) is 12.8. The molecule has 0 amide bonds. The van der Waals surface area contributed by atoms with E-state index in [9.17, 15) is 5.11 Å². The molecule has 0 saturated heterocycles. The second kappa shape index (κ2) is 10.2. The number of allylic oxidation sites excluding steroid dienone is 2. The van der Waals surface area contributed by atoms with Crippen molar-refractivity contribution in [3.63, 3.8) is 0 Å². The van der Waals surface area contributed by atoms with Gasteiger partial charge in [0.05, 0.1) is 0 Å². The standard InChI is InChI=1S/C20H28O/c1-4-7-12-17(11-5-2)15-16-18(6-3)20(21)19-13-9-8-10-14-19/h8-10,12-14,20-21H,3-5,7,11,15-16H2,1-2H3/b17-12+. The average Bonchev–Trinajstić information content (AvgIpc) is 2.53. The summed E-state index contributed by atoms with van der Waals surface area (Å²) < 4.78 is 0. The molecule has 0 aliphatic heterocycles. The van der Waals surface area contributed by atoms with E-state index in [4.69, 9.17) is 0 Å². The van der Waals surface area contributed by atoms with Gasteiger partial charge in [0.1, 0.15) is 6.10 Å². The van der Waals surface area contributed by atoms with Crippen LogP contribution < -0.4 is 0 Å². The number of benzene rings is 1. The molecule has 1 aromatic rings. The first-order chi connectivity index (χ1) is 10.2. The van der Waals surface area contributed by atoms with Gasteiger partial charge in [-0.3, -0.25) is 0 Å². The van der Waals surface area contributed by atoms with Gasteiger partial charge in [-0.25, -0.2) is 0 Å². The lowest BCUT2D eigenvalue weighted by molar-refractivity contribution is 0.211. The van der Waals surface area contributed by atoms with Crippen molar-refractivity contribution >= 4 is 0 Å². The van der Waals surface area contributed by atoms with Gasteiger partial charge >= 0.3 is 0 Å². The van der Waals surface area contributed by atoms with Gasteiger partial charge in [0, 0.05) is 5.57 Å². The Morgan fingerprint density at radius 3 is 2.43 bits per heavy atom. The second-order valence-electron chi connectivity index (χ2n) is 5.42. The van der Waals surface area contributed by atoms with Crippen molar-refractivity contribution < 1.29 is 5.11 Å². The first-order valence-electron chi connectivity index (χ1n) is 8.02. The number of aliphatic hydroxyl groups is 1. The Hall–Kier alpha value is -1.56. The van der Waals surface area contributed by atoms with Crippen LogP contribution in [0.5, 0.6) is 0 Å². The summed E-state index contributed by atoms with van der Waals surface area (Å²) in [6, 6.07) is 9.75. The van der Waals surface area contributed by atoms with E-state index in [1.807, 2.05) is 30.3 Å². The smallest absolute Gasteiger partial charge is 0.107 e. The van der Waals surface area contributed by atoms with Crippen LogP contribution in [0.15, 0.2) is 59.9 Å². The summed E-state index contributed by atoms with van der Waals surface area (Å²) in [7, 11) is 0. The summed E-state index contributed by atoms with van der Waals surface area (Å²) in [5, 5.41) is 10.4. The van der Waals surface area contributed by atoms with Crippen LogP contribution in [0.25, 0.3) is 0 Å². The van der Waals surface area contributed by atoms with Gasteiger partial charge in [-0.05, 0) is 31.2 Å². The van der Waals surface area contributed by atoms with E-state index in [1.54, 1.807) is 0 Å². The van der Waals surface area contributed by atoms with Gasteiger partial charge < -0.3 is 5.11 Å². The first-order valence-corrected chi connectivity index (χ1v) is 8.02. The van der Waals surface area contributed by atoms with E-state index < -0.39 is 6.10 Å². The minimum Gasteiger partial charge on any atom is -0.383 e. The highest BCUT2D eigenvalue weighted by Gasteiger charge is 2.13. The van der Waals surface area contributed by atoms with Crippen LogP contribution in [0, 0.1) is 0 Å². The Morgan fingerprint density at radius 2 is 1.86 bits per heavy atom. The minimum atomic E-state index is -0.585. The molecule has 1 rings (SSSR count). The highest BCUT2D eigenvalue weighted by atomic mass is 16.3. The largest absolute Gasteiger partial charge is 0.383 e. The maximum absolute atomic E-state index is 10.4. The molecule has 114 valence electrons. The molecule has 0 bridgehead atoms. The lowest BCUT2D eigenvalue weighted by atomic mass is 9.94. The lowest BCUT2D eigenvalue weighted by Crippen LogP contribution is -2.01. The molecule has 1 atom stereocenters. The van der Waals surface area contributed by atoms with Gasteiger partial charge in [-0.2, -0.15) is 0 Å². The van der Waals surface area contributed by atoms with E-state index >= 15 is 0 Å². The van der Waals surface area contributed by atoms with Crippen LogP contribution in [0.2, 0.25) is 0 Å². The molecule has 1 N–H and O–H groups in total. The Kier molecular flexibility index (Phi) is 8.50. The maximum Gasteiger partial charge on any atom is 0.107 e. The van der Waals surface area contributed by atoms with Gasteiger partial charge in [0.2, 0.25) is 0 Å². The van der Waals surface area contributed by atoms with Gasteiger partial charge in [0.15, 0.2) is 0 Å². The fourth-order valence-electron chi connectivity index (χ4n) is 2.45. The molecular weight excluding hydrogens is 256 g/mol. The third kappa shape index (κ3) is 6.16. The summed E-state index contributed by atoms with van der Waals surface area (Å²) in [6.45, 7) is 8.17. The van der Waals surface area contributed by atoms with E-state index in [1.165, 1.54) is 18.4 Å². The monoisotopic (exact) mass is 284 g/mol. The third-order valence-corrected chi connectivity index (χ3v) is 3.68. The fraction of sp³-hybridized carbons (Fsp3) is 0.450. The quantitative estimate of drug-likeness (QED) is 0.453. The molecule has 0 heterocycles. The highest BCUT2D eigenvalue weighted by Crippen LogP contribution is 2.26. The van der Waals surface area contributed by atoms with Gasteiger partial charge in [-0.1, -0.05) is 75.2 Å². The molecule has 0 fully saturated rings. The molecule has 1 aromatic carbocycles. The summed E-state index contributed by atoms with van der Waals surface area (Å²) in [5.74, 6) is 0. The predicted octanol–water partition coefficient (Wildman–Crippen LogP) is 5.74. The van der Waals surface area contributed by atoms with Crippen molar-refractivity contribution in [3.8, 4) is 0 Å². The molecular formula is C20H28O. The van der Waals surface area contributed by atoms with Gasteiger partial charge in [0.25, 0.3) is 0 Å². The number of aliphatic hydroxyl groups excluding tert-OH is 1. The van der Waals surface area contributed by atoms with Crippen molar-refractivity contribution in [2.75, 3.05) is 0 Å². The molecule has 0 aromatic heterocycles. The topological polar surface area (TPSA) is 20.2 Å². The van der Waals surface area contributed by atoms with E-state index in [0.29, 0.717) is 0 Å². The molecule has 0 saturated carbocycles. The van der Waals surface area contributed by atoms with E-state index in [0.717, 1.165) is 36.8 Å². The van der Waals surface area contributed by atoms with Crippen molar-refractivity contribution in [2.45, 2.75) is 58.5 Å². The predicted molar refractivity (Wildman–Crippen MR) is 91.2 cm³/mol. The molecule has 0 aliphatic carbocycles. The zero-order chi connectivity index (χ0) is 15.5. The Balaban J connectivity index is 2.68. The Labute approximate surface area is 129 Å². The van der Waals surface area contributed by atoms with E-state index in [2.05, 4.69) is 32.2 Å². The zero-order valence-corrected chi connectivity index (χ0v) is 13.4. The van der Waals surface area contributed by atoms with Gasteiger partial charge in [-0.15, -0.1) is 5.73 Å². The molecule has 0 radical (unpaired) electrons. The van der Waals surface area contributed by atoms with Crippen LogP contribution in [-0.4, -0.2) is 5.11 Å². The number of rotatable bonds is 9. The van der Waals surface area contributed by atoms with Crippen molar-refractivity contribution in [1.82, 2.24) is 0 Å². The first kappa shape index (κ1) is 17.5. The molecule has 0 aliphatic rings. The van der Waals surface area contributed by atoms with Crippen LogP contribution in [0.3, 0.4) is 0 Å². The third-order valence-electron chi connectivity index (χ3n) is 3.68. The molecule has 0 spiro atoms. The molecule has 1 unspecified atom stereocenters. The van der Waals surface area contributed by atoms with Crippen molar-refractivity contribution in [2.24, 2.45) is 0 Å². The summed E-state index contributed by atoms with van der Waals surface area (Å²) in [5.41, 5.74) is 6.24. The van der Waals surface area contributed by atoms with Crippen LogP contribution in [-0.2, 0) is 0 Å². The second-order valence-corrected chi connectivity index (χ2v) is 5.42. The average molecular weight is 284 g/mol. The van der Waals surface area contributed by atoms with Crippen LogP contribution in [0.1, 0.15) is 64.0 Å². The fourth-order valence-corrected chi connectivity index (χ4v) is 2.45. The minimum absolute atomic E-state index is 0.585. The zero-order valence-electron chi connectivity index (χ0n) is 13.4. The summed E-state index contributed by atoms with van der Waals surface area (Å²) >= 11 is 0. The van der Waals surface area contributed by atoms with Crippen molar-refractivity contribution in [1.29, 1.82) is 0 Å². The van der Waals surface area contributed by atoms with Crippen LogP contribution in [0.4, 0.5) is 0 Å². The van der Waals surface area contributed by atoms with Crippen LogP contribution >= 0.6 is 0 Å². The SMILES string of the molecule is C=C=C(CC/C(=C/CCC)CCC)C(O)c1ccccc1. The highest BCUT2D eigenvalue weighted by molar-refractivity contribution is 5.26. The Morgan fingerprint density at radius 1 is 1.14 bits per heavy atom. The van der Waals surface area contributed by atoms with E-state index in [-0.39, 0.29) is 0 Å². The molecule has 21 heavy (non-hydrogen) atoms. The Bertz CT molecular complexity index is 478.